The molecule has 0 fully saturated rings. The van der Waals surface area contributed by atoms with Crippen LogP contribution in [0.3, 0.4) is 0 Å². The Balaban J connectivity index is 1.33. The minimum atomic E-state index is -3.52. The predicted octanol–water partition coefficient (Wildman–Crippen LogP) is 3.80. The molecule has 0 unspecified atom stereocenters. The minimum Gasteiger partial charge on any atom is -0.351 e. The first kappa shape index (κ1) is 22.6. The molecule has 2 amide bonds. The quantitative estimate of drug-likeness (QED) is 0.501. The van der Waals surface area contributed by atoms with Crippen molar-refractivity contribution in [1.29, 1.82) is 0 Å². The number of hydrogen-bond acceptors (Lipinski definition) is 7. The maximum Gasteiger partial charge on any atom is 0.227 e. The topological polar surface area (TPSA) is 105 Å². The summed E-state index contributed by atoms with van der Waals surface area (Å²) < 4.78 is 25.3. The maximum atomic E-state index is 12.7. The van der Waals surface area contributed by atoms with E-state index in [2.05, 4.69) is 15.6 Å². The molecule has 1 aromatic carbocycles. The molecule has 2 N–H and O–H groups in total. The van der Waals surface area contributed by atoms with E-state index in [1.54, 1.807) is 12.1 Å². The lowest BCUT2D eigenvalue weighted by atomic mass is 10.1. The van der Waals surface area contributed by atoms with Gasteiger partial charge >= 0.3 is 0 Å². The number of hydrogen-bond donors (Lipinski definition) is 2. The lowest BCUT2D eigenvalue weighted by Gasteiger charge is -2.07. The molecule has 10 heteroatoms. The van der Waals surface area contributed by atoms with Crippen molar-refractivity contribution in [1.82, 2.24) is 10.3 Å². The average molecular weight is 490 g/mol. The highest BCUT2D eigenvalue weighted by Gasteiger charge is 2.20. The fourth-order valence-electron chi connectivity index (χ4n) is 3.53. The van der Waals surface area contributed by atoms with Crippen LogP contribution in [0.1, 0.15) is 35.8 Å². The number of rotatable bonds is 8. The Morgan fingerprint density at radius 3 is 2.75 bits per heavy atom. The summed E-state index contributed by atoms with van der Waals surface area (Å²) in [5, 5.41) is 7.72. The molecule has 4 rings (SSSR count). The molecule has 0 spiro atoms. The minimum absolute atomic E-state index is 0.0863. The fraction of sp³-hybridized carbons (Fsp3) is 0.318. The number of aromatic nitrogens is 1. The zero-order chi connectivity index (χ0) is 22.7. The van der Waals surface area contributed by atoms with Crippen molar-refractivity contribution >= 4 is 49.5 Å². The van der Waals surface area contributed by atoms with Gasteiger partial charge in [-0.3, -0.25) is 9.59 Å². The highest BCUT2D eigenvalue weighted by molar-refractivity contribution is 7.91. The Morgan fingerprint density at radius 1 is 1.12 bits per heavy atom. The van der Waals surface area contributed by atoms with Gasteiger partial charge in [-0.15, -0.1) is 22.7 Å². The van der Waals surface area contributed by atoms with Crippen molar-refractivity contribution in [3.8, 4) is 10.6 Å². The molecule has 0 radical (unpaired) electrons. The van der Waals surface area contributed by atoms with Crippen molar-refractivity contribution < 1.29 is 18.0 Å². The van der Waals surface area contributed by atoms with Crippen LogP contribution < -0.4 is 10.6 Å². The van der Waals surface area contributed by atoms with Gasteiger partial charge in [0, 0.05) is 23.6 Å². The average Bonchev–Trinajstić information content (AvgIpc) is 3.50. The number of aryl methyl sites for hydroxylation is 2. The second-order valence-corrected chi connectivity index (χ2v) is 11.8. The number of carbonyl (C=O) groups is 2. The third kappa shape index (κ3) is 5.43. The number of thiophene rings is 1. The SMILES string of the molecule is CC(=O)NCc1ccc(-c2csc(NC(=O)CCS(=O)(=O)c3ccc4c(c3)CCC4)n2)s1. The van der Waals surface area contributed by atoms with E-state index in [1.807, 2.05) is 23.6 Å². The summed E-state index contributed by atoms with van der Waals surface area (Å²) in [6.07, 6.45) is 2.83. The van der Waals surface area contributed by atoms with E-state index in [0.717, 1.165) is 40.3 Å². The van der Waals surface area contributed by atoms with Gasteiger partial charge in [0.05, 0.1) is 27.8 Å². The van der Waals surface area contributed by atoms with Crippen LogP contribution in [0.4, 0.5) is 5.13 Å². The van der Waals surface area contributed by atoms with Gasteiger partial charge in [0.25, 0.3) is 0 Å². The number of benzene rings is 1. The fourth-order valence-corrected chi connectivity index (χ4v) is 6.53. The Bertz CT molecular complexity index is 1260. The predicted molar refractivity (Wildman–Crippen MR) is 127 cm³/mol. The zero-order valence-electron chi connectivity index (χ0n) is 17.5. The highest BCUT2D eigenvalue weighted by Crippen LogP contribution is 2.31. The summed E-state index contributed by atoms with van der Waals surface area (Å²) in [5.74, 6) is -0.710. The summed E-state index contributed by atoms with van der Waals surface area (Å²) >= 11 is 2.81. The van der Waals surface area contributed by atoms with E-state index in [9.17, 15) is 18.0 Å². The number of anilines is 1. The summed E-state index contributed by atoms with van der Waals surface area (Å²) in [6, 6.07) is 9.14. The Labute approximate surface area is 194 Å². The number of thiazole rings is 1. The Kier molecular flexibility index (Phi) is 6.73. The van der Waals surface area contributed by atoms with Crippen LogP contribution in [-0.4, -0.2) is 31.0 Å². The summed E-state index contributed by atoms with van der Waals surface area (Å²) in [5.41, 5.74) is 3.05. The van der Waals surface area contributed by atoms with Gasteiger partial charge in [0.15, 0.2) is 15.0 Å². The van der Waals surface area contributed by atoms with Gasteiger partial charge < -0.3 is 10.6 Å². The van der Waals surface area contributed by atoms with Crippen molar-refractivity contribution in [2.24, 2.45) is 0 Å². The van der Waals surface area contributed by atoms with Gasteiger partial charge in [-0.25, -0.2) is 13.4 Å². The van der Waals surface area contributed by atoms with Crippen molar-refractivity contribution in [3.05, 3.63) is 51.7 Å². The standard InChI is InChI=1S/C22H23N3O4S3/c1-14(26)23-12-17-6-8-20(31-17)19-13-30-22(24-19)25-21(27)9-10-32(28,29)18-7-5-15-3-2-4-16(15)11-18/h5-8,11,13H,2-4,9-10,12H2,1H3,(H,23,26)(H,24,25,27). The lowest BCUT2D eigenvalue weighted by molar-refractivity contribution is -0.119. The number of nitrogens with one attached hydrogen (secondary N) is 2. The molecular formula is C22H23N3O4S3. The second-order valence-electron chi connectivity index (χ2n) is 7.61. The number of amides is 2. The van der Waals surface area contributed by atoms with Crippen LogP contribution in [0, 0.1) is 0 Å². The number of sulfone groups is 1. The molecule has 0 saturated carbocycles. The number of fused-ring (bicyclic) bond motifs is 1. The first-order valence-electron chi connectivity index (χ1n) is 10.2. The molecule has 7 nitrogen and oxygen atoms in total. The van der Waals surface area contributed by atoms with Crippen molar-refractivity contribution in [3.63, 3.8) is 0 Å². The van der Waals surface area contributed by atoms with E-state index in [1.165, 1.54) is 35.2 Å². The van der Waals surface area contributed by atoms with E-state index in [-0.39, 0.29) is 28.9 Å². The first-order chi connectivity index (χ1) is 15.3. The highest BCUT2D eigenvalue weighted by atomic mass is 32.2. The van der Waals surface area contributed by atoms with E-state index < -0.39 is 9.84 Å². The molecule has 3 aromatic rings. The summed E-state index contributed by atoms with van der Waals surface area (Å²) in [7, 11) is -3.52. The number of carbonyl (C=O) groups excluding carboxylic acids is 2. The van der Waals surface area contributed by atoms with E-state index >= 15 is 0 Å². The normalized spacial score (nSPS) is 13.0. The van der Waals surface area contributed by atoms with Crippen LogP contribution in [0.2, 0.25) is 0 Å². The Morgan fingerprint density at radius 2 is 1.94 bits per heavy atom. The third-order valence-electron chi connectivity index (χ3n) is 5.20. The Hall–Kier alpha value is -2.56. The summed E-state index contributed by atoms with van der Waals surface area (Å²) in [6.45, 7) is 1.94. The molecular weight excluding hydrogens is 466 g/mol. The molecule has 2 heterocycles. The van der Waals surface area contributed by atoms with Crippen LogP contribution in [0.25, 0.3) is 10.6 Å². The molecule has 1 aliphatic rings. The van der Waals surface area contributed by atoms with Crippen molar-refractivity contribution in [2.45, 2.75) is 44.0 Å². The molecule has 1 aliphatic carbocycles. The van der Waals surface area contributed by atoms with Gasteiger partial charge in [-0.05, 0) is 54.7 Å². The van der Waals surface area contributed by atoms with Crippen LogP contribution >= 0.6 is 22.7 Å². The van der Waals surface area contributed by atoms with Crippen molar-refractivity contribution in [2.75, 3.05) is 11.1 Å². The lowest BCUT2D eigenvalue weighted by Crippen LogP contribution is -2.17. The van der Waals surface area contributed by atoms with E-state index in [0.29, 0.717) is 11.7 Å². The molecule has 0 atom stereocenters. The number of nitrogens with zero attached hydrogens (tertiary/aromatic N) is 1. The molecule has 0 aliphatic heterocycles. The van der Waals surface area contributed by atoms with E-state index in [4.69, 9.17) is 0 Å². The molecule has 32 heavy (non-hydrogen) atoms. The van der Waals surface area contributed by atoms with Crippen LogP contribution in [-0.2, 0) is 38.8 Å². The molecule has 0 saturated heterocycles. The molecule has 0 bridgehead atoms. The maximum absolute atomic E-state index is 12.7. The van der Waals surface area contributed by atoms with Crippen LogP contribution in [0.15, 0.2) is 40.6 Å². The molecule has 2 aromatic heterocycles. The monoisotopic (exact) mass is 489 g/mol. The van der Waals surface area contributed by atoms with Gasteiger partial charge in [0.1, 0.15) is 0 Å². The zero-order valence-corrected chi connectivity index (χ0v) is 20.0. The van der Waals surface area contributed by atoms with Crippen LogP contribution in [0.5, 0.6) is 0 Å². The van der Waals surface area contributed by atoms with Gasteiger partial charge in [0.2, 0.25) is 11.8 Å². The smallest absolute Gasteiger partial charge is 0.227 e. The van der Waals surface area contributed by atoms with Gasteiger partial charge in [-0.1, -0.05) is 6.07 Å². The second kappa shape index (κ2) is 9.51. The third-order valence-corrected chi connectivity index (χ3v) is 8.78. The summed E-state index contributed by atoms with van der Waals surface area (Å²) in [4.78, 5) is 30.0. The largest absolute Gasteiger partial charge is 0.351 e. The van der Waals surface area contributed by atoms with Gasteiger partial charge in [-0.2, -0.15) is 0 Å². The molecule has 168 valence electrons. The first-order valence-corrected chi connectivity index (χ1v) is 13.6.